The Bertz CT molecular complexity index is 461. The Balaban J connectivity index is 2.80. The molecule has 0 aliphatic rings. The Morgan fingerprint density at radius 2 is 1.85 bits per heavy atom. The number of carboxylic acids is 1. The topological polar surface area (TPSA) is 59.0 Å². The van der Waals surface area contributed by atoms with Crippen molar-refractivity contribution in [3.05, 3.63) is 23.8 Å². The third kappa shape index (κ3) is 3.87. The number of nitrogens with zero attached hydrogens (tertiary/aromatic N) is 1. The van der Waals surface area contributed by atoms with Gasteiger partial charge in [-0.15, -0.1) is 0 Å². The van der Waals surface area contributed by atoms with E-state index in [9.17, 15) is 4.79 Å². The number of rotatable bonds is 7. The van der Waals surface area contributed by atoms with E-state index < -0.39 is 12.0 Å². The summed E-state index contributed by atoms with van der Waals surface area (Å²) < 4.78 is 10.5. The number of carboxylic acid groups (broad SMARTS) is 1. The molecular formula is C15H23NO4. The average molecular weight is 281 g/mol. The summed E-state index contributed by atoms with van der Waals surface area (Å²) in [5.74, 6) is 0.564. The summed E-state index contributed by atoms with van der Waals surface area (Å²) in [6.45, 7) is 3.70. The van der Waals surface area contributed by atoms with E-state index in [0.29, 0.717) is 11.5 Å². The molecule has 2 atom stereocenters. The van der Waals surface area contributed by atoms with Crippen LogP contribution in [0.25, 0.3) is 0 Å². The van der Waals surface area contributed by atoms with Crippen molar-refractivity contribution in [1.29, 1.82) is 0 Å². The van der Waals surface area contributed by atoms with Crippen LogP contribution >= 0.6 is 0 Å². The van der Waals surface area contributed by atoms with Crippen molar-refractivity contribution in [2.24, 2.45) is 0 Å². The molecule has 5 nitrogen and oxygen atoms in total. The first-order valence-corrected chi connectivity index (χ1v) is 6.56. The summed E-state index contributed by atoms with van der Waals surface area (Å²) in [5.41, 5.74) is 1.08. The van der Waals surface area contributed by atoms with E-state index in [1.54, 1.807) is 21.1 Å². The highest BCUT2D eigenvalue weighted by Crippen LogP contribution is 2.28. The van der Waals surface area contributed by atoms with Crippen LogP contribution in [-0.2, 0) is 11.2 Å². The largest absolute Gasteiger partial charge is 0.493 e. The molecule has 0 heterocycles. The van der Waals surface area contributed by atoms with Gasteiger partial charge in [-0.05, 0) is 45.0 Å². The van der Waals surface area contributed by atoms with Gasteiger partial charge >= 0.3 is 5.97 Å². The van der Waals surface area contributed by atoms with Gasteiger partial charge in [0.15, 0.2) is 11.5 Å². The zero-order chi connectivity index (χ0) is 15.3. The molecule has 0 aromatic heterocycles. The summed E-state index contributed by atoms with van der Waals surface area (Å²) in [6, 6.07) is 5.36. The first-order chi connectivity index (χ1) is 9.40. The van der Waals surface area contributed by atoms with Gasteiger partial charge in [-0.1, -0.05) is 6.07 Å². The lowest BCUT2D eigenvalue weighted by molar-refractivity contribution is -0.142. The van der Waals surface area contributed by atoms with Gasteiger partial charge < -0.3 is 14.6 Å². The van der Waals surface area contributed by atoms with E-state index in [1.807, 2.05) is 37.1 Å². The quantitative estimate of drug-likeness (QED) is 0.829. The third-order valence-electron chi connectivity index (χ3n) is 3.64. The van der Waals surface area contributed by atoms with Gasteiger partial charge in [-0.25, -0.2) is 0 Å². The number of hydrogen-bond acceptors (Lipinski definition) is 4. The fraction of sp³-hybridized carbons (Fsp3) is 0.533. The van der Waals surface area contributed by atoms with E-state index in [1.165, 1.54) is 0 Å². The van der Waals surface area contributed by atoms with Gasteiger partial charge in [0.1, 0.15) is 6.04 Å². The van der Waals surface area contributed by atoms with Crippen molar-refractivity contribution in [2.75, 3.05) is 21.3 Å². The van der Waals surface area contributed by atoms with Gasteiger partial charge in [0.2, 0.25) is 0 Å². The molecule has 0 fully saturated rings. The van der Waals surface area contributed by atoms with Crippen LogP contribution in [0, 0.1) is 0 Å². The lowest BCUT2D eigenvalue weighted by atomic mass is 10.0. The molecule has 112 valence electrons. The molecule has 1 rings (SSSR count). The van der Waals surface area contributed by atoms with Crippen molar-refractivity contribution >= 4 is 5.97 Å². The van der Waals surface area contributed by atoms with Gasteiger partial charge in [0.25, 0.3) is 0 Å². The first-order valence-electron chi connectivity index (χ1n) is 6.56. The zero-order valence-corrected chi connectivity index (χ0v) is 12.7. The van der Waals surface area contributed by atoms with Gasteiger partial charge in [-0.3, -0.25) is 9.69 Å². The molecule has 1 N–H and O–H groups in total. The summed E-state index contributed by atoms with van der Waals surface area (Å²) >= 11 is 0. The Hall–Kier alpha value is -1.75. The number of hydrogen-bond donors (Lipinski definition) is 1. The molecule has 0 aliphatic carbocycles. The molecule has 1 aromatic rings. The monoisotopic (exact) mass is 281 g/mol. The Kier molecular flexibility index (Phi) is 5.82. The maximum absolute atomic E-state index is 11.0. The van der Waals surface area contributed by atoms with E-state index in [0.717, 1.165) is 12.0 Å². The normalized spacial score (nSPS) is 13.9. The molecule has 5 heteroatoms. The van der Waals surface area contributed by atoms with Gasteiger partial charge in [0.05, 0.1) is 14.2 Å². The predicted molar refractivity (Wildman–Crippen MR) is 77.6 cm³/mol. The maximum Gasteiger partial charge on any atom is 0.320 e. The van der Waals surface area contributed by atoms with Gasteiger partial charge in [-0.2, -0.15) is 0 Å². The Labute approximate surface area is 120 Å². The molecule has 0 amide bonds. The van der Waals surface area contributed by atoms with Crippen LogP contribution in [0.1, 0.15) is 19.4 Å². The molecule has 0 bridgehead atoms. The molecular weight excluding hydrogens is 258 g/mol. The molecule has 0 spiro atoms. The smallest absolute Gasteiger partial charge is 0.320 e. The molecule has 0 saturated heterocycles. The van der Waals surface area contributed by atoms with Crippen molar-refractivity contribution in [2.45, 2.75) is 32.4 Å². The summed E-state index contributed by atoms with van der Waals surface area (Å²) in [5, 5.41) is 9.04. The number of aliphatic carboxylic acids is 1. The second kappa shape index (κ2) is 7.14. The summed E-state index contributed by atoms with van der Waals surface area (Å²) in [4.78, 5) is 12.8. The Morgan fingerprint density at radius 1 is 1.25 bits per heavy atom. The van der Waals surface area contributed by atoms with E-state index in [-0.39, 0.29) is 6.04 Å². The summed E-state index contributed by atoms with van der Waals surface area (Å²) in [6.07, 6.45) is 0.745. The number of carbonyl (C=O) groups is 1. The van der Waals surface area contributed by atoms with E-state index in [2.05, 4.69) is 0 Å². The molecule has 2 unspecified atom stereocenters. The predicted octanol–water partition coefficient (Wildman–Crippen LogP) is 2.04. The molecule has 0 saturated carbocycles. The van der Waals surface area contributed by atoms with Crippen LogP contribution in [-0.4, -0.2) is 49.3 Å². The molecule has 1 aromatic carbocycles. The standard InChI is InChI=1S/C15H23NO4/c1-10(16(3)11(2)15(17)18)8-12-6-7-13(19-4)14(9-12)20-5/h6-7,9-11H,8H2,1-5H3,(H,17,18). The zero-order valence-electron chi connectivity index (χ0n) is 12.7. The lowest BCUT2D eigenvalue weighted by Gasteiger charge is -2.28. The van der Waals surface area contributed by atoms with E-state index in [4.69, 9.17) is 14.6 Å². The van der Waals surface area contributed by atoms with Crippen LogP contribution in [0.5, 0.6) is 11.5 Å². The van der Waals surface area contributed by atoms with Crippen LogP contribution < -0.4 is 9.47 Å². The fourth-order valence-corrected chi connectivity index (χ4v) is 2.05. The van der Waals surface area contributed by atoms with Crippen LogP contribution in [0.15, 0.2) is 18.2 Å². The number of benzene rings is 1. The highest BCUT2D eigenvalue weighted by atomic mass is 16.5. The minimum Gasteiger partial charge on any atom is -0.493 e. The third-order valence-corrected chi connectivity index (χ3v) is 3.64. The van der Waals surface area contributed by atoms with E-state index >= 15 is 0 Å². The maximum atomic E-state index is 11.0. The minimum absolute atomic E-state index is 0.110. The number of ether oxygens (including phenoxy) is 2. The summed E-state index contributed by atoms with van der Waals surface area (Å²) in [7, 11) is 5.02. The first kappa shape index (κ1) is 16.3. The second-order valence-corrected chi connectivity index (χ2v) is 4.92. The average Bonchev–Trinajstić information content (AvgIpc) is 2.45. The number of likely N-dealkylation sites (N-methyl/N-ethyl adjacent to an activating group) is 1. The Morgan fingerprint density at radius 3 is 2.35 bits per heavy atom. The highest BCUT2D eigenvalue weighted by molar-refractivity contribution is 5.72. The highest BCUT2D eigenvalue weighted by Gasteiger charge is 2.21. The minimum atomic E-state index is -0.813. The van der Waals surface area contributed by atoms with Crippen molar-refractivity contribution in [3.8, 4) is 11.5 Å². The molecule has 0 aliphatic heterocycles. The fourth-order valence-electron chi connectivity index (χ4n) is 2.05. The molecule has 20 heavy (non-hydrogen) atoms. The van der Waals surface area contributed by atoms with Gasteiger partial charge in [0, 0.05) is 6.04 Å². The lowest BCUT2D eigenvalue weighted by Crippen LogP contribution is -2.42. The van der Waals surface area contributed by atoms with Crippen molar-refractivity contribution in [3.63, 3.8) is 0 Å². The van der Waals surface area contributed by atoms with Crippen LogP contribution in [0.4, 0.5) is 0 Å². The number of methoxy groups -OCH3 is 2. The van der Waals surface area contributed by atoms with Crippen LogP contribution in [0.3, 0.4) is 0 Å². The molecule has 0 radical (unpaired) electrons. The van der Waals surface area contributed by atoms with Crippen LogP contribution in [0.2, 0.25) is 0 Å². The van der Waals surface area contributed by atoms with Crippen molar-refractivity contribution < 1.29 is 19.4 Å². The second-order valence-electron chi connectivity index (χ2n) is 4.92. The van der Waals surface area contributed by atoms with Crippen molar-refractivity contribution in [1.82, 2.24) is 4.90 Å². The SMILES string of the molecule is COc1ccc(CC(C)N(C)C(C)C(=O)O)cc1OC.